The van der Waals surface area contributed by atoms with Crippen molar-refractivity contribution in [1.82, 2.24) is 9.91 Å². The van der Waals surface area contributed by atoms with Crippen molar-refractivity contribution in [3.05, 3.63) is 65.5 Å². The Morgan fingerprint density at radius 3 is 2.57 bits per heavy atom. The Kier molecular flexibility index (Phi) is 6.41. The van der Waals surface area contributed by atoms with Gasteiger partial charge in [-0.3, -0.25) is 9.69 Å². The summed E-state index contributed by atoms with van der Waals surface area (Å²) in [6.07, 6.45) is 0.572. The van der Waals surface area contributed by atoms with Gasteiger partial charge in [0.1, 0.15) is 11.6 Å². The number of benzene rings is 2. The van der Waals surface area contributed by atoms with Crippen molar-refractivity contribution in [1.29, 1.82) is 0 Å². The zero-order chi connectivity index (χ0) is 20.1. The van der Waals surface area contributed by atoms with E-state index in [1.165, 1.54) is 12.1 Å². The van der Waals surface area contributed by atoms with Crippen molar-refractivity contribution in [2.75, 3.05) is 26.7 Å². The number of hydrogen-bond acceptors (Lipinski definition) is 4. The molecule has 0 aliphatic carbocycles. The molecule has 1 heterocycles. The molecule has 2 aromatic carbocycles. The topological polar surface area (TPSA) is 45.1 Å². The fraction of sp³-hybridized carbons (Fsp3) is 0.364. The van der Waals surface area contributed by atoms with E-state index in [1.807, 2.05) is 38.1 Å². The van der Waals surface area contributed by atoms with Crippen LogP contribution in [0.25, 0.3) is 0 Å². The molecule has 0 radical (unpaired) electrons. The number of nitrogens with zero attached hydrogens (tertiary/aromatic N) is 3. The summed E-state index contributed by atoms with van der Waals surface area (Å²) in [5.74, 6) is 0.388. The smallest absolute Gasteiger partial charge is 0.257 e. The predicted octanol–water partition coefficient (Wildman–Crippen LogP) is 3.85. The van der Waals surface area contributed by atoms with Gasteiger partial charge in [-0.2, -0.15) is 5.10 Å². The number of ether oxygens (including phenoxy) is 1. The minimum absolute atomic E-state index is 0.0593. The Balaban J connectivity index is 1.92. The van der Waals surface area contributed by atoms with Gasteiger partial charge in [0.05, 0.1) is 25.4 Å². The Bertz CT molecular complexity index is 847. The van der Waals surface area contributed by atoms with Gasteiger partial charge in [-0.15, -0.1) is 0 Å². The third-order valence-electron chi connectivity index (χ3n) is 5.08. The van der Waals surface area contributed by atoms with Crippen LogP contribution in [0.15, 0.2) is 53.6 Å². The lowest BCUT2D eigenvalue weighted by Crippen LogP contribution is -2.38. The summed E-state index contributed by atoms with van der Waals surface area (Å²) >= 11 is 0. The molecule has 1 aliphatic heterocycles. The quantitative estimate of drug-likeness (QED) is 0.729. The Morgan fingerprint density at radius 2 is 1.93 bits per heavy atom. The monoisotopic (exact) mass is 383 g/mol. The highest BCUT2D eigenvalue weighted by molar-refractivity contribution is 6.03. The average Bonchev–Trinajstić information content (AvgIpc) is 3.18. The molecule has 3 rings (SSSR count). The average molecular weight is 383 g/mol. The zero-order valence-corrected chi connectivity index (χ0v) is 16.6. The zero-order valence-electron chi connectivity index (χ0n) is 16.6. The first-order valence-corrected chi connectivity index (χ1v) is 9.57. The van der Waals surface area contributed by atoms with Crippen LogP contribution in [-0.4, -0.2) is 48.3 Å². The van der Waals surface area contributed by atoms with Crippen LogP contribution in [0.1, 0.15) is 37.4 Å². The lowest BCUT2D eigenvalue weighted by atomic mass is 9.98. The number of amides is 1. The summed E-state index contributed by atoms with van der Waals surface area (Å²) in [7, 11) is 1.62. The van der Waals surface area contributed by atoms with Gasteiger partial charge in [-0.1, -0.05) is 38.1 Å². The van der Waals surface area contributed by atoms with E-state index in [0.717, 1.165) is 35.7 Å². The molecule has 28 heavy (non-hydrogen) atoms. The predicted molar refractivity (Wildman–Crippen MR) is 108 cm³/mol. The number of methoxy groups -OCH3 is 1. The molecule has 1 atom stereocenters. The van der Waals surface area contributed by atoms with Crippen molar-refractivity contribution in [3.8, 4) is 5.75 Å². The first-order chi connectivity index (χ1) is 13.5. The molecular weight excluding hydrogens is 357 g/mol. The van der Waals surface area contributed by atoms with Crippen molar-refractivity contribution in [2.24, 2.45) is 5.10 Å². The normalized spacial score (nSPS) is 16.4. The molecule has 0 spiro atoms. The number of hydrogen-bond donors (Lipinski definition) is 0. The molecule has 0 bridgehead atoms. The Labute approximate surface area is 165 Å². The van der Waals surface area contributed by atoms with Gasteiger partial charge in [-0.25, -0.2) is 9.40 Å². The van der Waals surface area contributed by atoms with Crippen LogP contribution in [-0.2, 0) is 4.79 Å². The van der Waals surface area contributed by atoms with Gasteiger partial charge in [0, 0.05) is 12.0 Å². The van der Waals surface area contributed by atoms with Crippen LogP contribution in [0.5, 0.6) is 5.75 Å². The maximum Gasteiger partial charge on any atom is 0.257 e. The maximum absolute atomic E-state index is 13.4. The van der Waals surface area contributed by atoms with Gasteiger partial charge in [0.15, 0.2) is 0 Å². The van der Waals surface area contributed by atoms with Crippen LogP contribution in [0.4, 0.5) is 4.39 Å². The summed E-state index contributed by atoms with van der Waals surface area (Å²) in [6, 6.07) is 13.7. The Morgan fingerprint density at radius 1 is 1.21 bits per heavy atom. The molecule has 5 nitrogen and oxygen atoms in total. The number of carbonyl (C=O) groups excluding carboxylic acids is 1. The largest absolute Gasteiger partial charge is 0.497 e. The van der Waals surface area contributed by atoms with Gasteiger partial charge in [0.2, 0.25) is 0 Å². The van der Waals surface area contributed by atoms with Crippen molar-refractivity contribution in [3.63, 3.8) is 0 Å². The third-order valence-corrected chi connectivity index (χ3v) is 5.08. The molecular formula is C22H26FN3O2. The van der Waals surface area contributed by atoms with E-state index >= 15 is 0 Å². The highest BCUT2D eigenvalue weighted by Gasteiger charge is 2.33. The Hall–Kier alpha value is -2.73. The van der Waals surface area contributed by atoms with Gasteiger partial charge < -0.3 is 4.74 Å². The van der Waals surface area contributed by atoms with Gasteiger partial charge in [-0.05, 0) is 42.9 Å². The van der Waals surface area contributed by atoms with E-state index in [9.17, 15) is 9.18 Å². The van der Waals surface area contributed by atoms with Crippen molar-refractivity contribution in [2.45, 2.75) is 26.3 Å². The van der Waals surface area contributed by atoms with Crippen LogP contribution >= 0.6 is 0 Å². The lowest BCUT2D eigenvalue weighted by molar-refractivity contribution is -0.134. The second-order valence-electron chi connectivity index (χ2n) is 6.75. The molecule has 0 saturated heterocycles. The second-order valence-corrected chi connectivity index (χ2v) is 6.75. The molecule has 0 fully saturated rings. The highest BCUT2D eigenvalue weighted by atomic mass is 19.1. The van der Waals surface area contributed by atoms with E-state index in [2.05, 4.69) is 10.0 Å². The van der Waals surface area contributed by atoms with Gasteiger partial charge >= 0.3 is 0 Å². The standard InChI is InChI=1S/C22H26FN3O2/c1-4-25(5-2)15-22(27)26-21(16-9-11-18(23)12-10-16)14-20(24-26)17-7-6-8-19(13-17)28-3/h6-13,21H,4-5,14-15H2,1-3H3. The first kappa shape index (κ1) is 20.0. The second kappa shape index (κ2) is 8.97. The fourth-order valence-electron chi connectivity index (χ4n) is 3.37. The molecule has 148 valence electrons. The van der Waals surface area contributed by atoms with Crippen molar-refractivity contribution < 1.29 is 13.9 Å². The van der Waals surface area contributed by atoms with E-state index < -0.39 is 0 Å². The minimum atomic E-state index is -0.295. The van der Waals surface area contributed by atoms with Crippen LogP contribution < -0.4 is 4.74 Å². The minimum Gasteiger partial charge on any atom is -0.497 e. The van der Waals surface area contributed by atoms with Crippen LogP contribution in [0.2, 0.25) is 0 Å². The molecule has 0 saturated carbocycles. The summed E-state index contributed by atoms with van der Waals surface area (Å²) in [6.45, 7) is 5.96. The van der Waals surface area contributed by atoms with E-state index in [0.29, 0.717) is 13.0 Å². The maximum atomic E-state index is 13.4. The molecule has 1 unspecified atom stereocenters. The molecule has 2 aromatic rings. The van der Waals surface area contributed by atoms with Crippen LogP contribution in [0, 0.1) is 5.82 Å². The highest BCUT2D eigenvalue weighted by Crippen LogP contribution is 2.33. The van der Waals surface area contributed by atoms with Gasteiger partial charge in [0.25, 0.3) is 5.91 Å². The molecule has 0 aromatic heterocycles. The first-order valence-electron chi connectivity index (χ1n) is 9.57. The van der Waals surface area contributed by atoms with Crippen molar-refractivity contribution >= 4 is 11.6 Å². The number of hydrazone groups is 1. The van der Waals surface area contributed by atoms with E-state index in [4.69, 9.17) is 4.74 Å². The molecule has 1 amide bonds. The van der Waals surface area contributed by atoms with E-state index in [1.54, 1.807) is 24.3 Å². The number of likely N-dealkylation sites (N-methyl/N-ethyl adjacent to an activating group) is 1. The summed E-state index contributed by atoms with van der Waals surface area (Å²) < 4.78 is 18.7. The number of halogens is 1. The third kappa shape index (κ3) is 4.39. The van der Waals surface area contributed by atoms with Crippen LogP contribution in [0.3, 0.4) is 0 Å². The SMILES string of the molecule is CCN(CC)CC(=O)N1N=C(c2cccc(OC)c2)CC1c1ccc(F)cc1. The molecule has 1 aliphatic rings. The summed E-state index contributed by atoms with van der Waals surface area (Å²) in [5, 5.41) is 6.22. The fourth-order valence-corrected chi connectivity index (χ4v) is 3.37. The lowest BCUT2D eigenvalue weighted by Gasteiger charge is -2.25. The number of carbonyl (C=O) groups is 1. The summed E-state index contributed by atoms with van der Waals surface area (Å²) in [4.78, 5) is 15.1. The number of rotatable bonds is 7. The molecule has 6 heteroatoms. The molecule has 0 N–H and O–H groups in total. The summed E-state index contributed by atoms with van der Waals surface area (Å²) in [5.41, 5.74) is 2.61. The van der Waals surface area contributed by atoms with E-state index in [-0.39, 0.29) is 17.8 Å².